The molecule has 0 aliphatic heterocycles. The molecule has 4 aliphatic carbocycles. The molecule has 1 heterocycles. The Labute approximate surface area is 220 Å². The summed E-state index contributed by atoms with van der Waals surface area (Å²) in [5.74, 6) is 1.60. The number of rotatable bonds is 6. The van der Waals surface area contributed by atoms with Gasteiger partial charge >= 0.3 is 0 Å². The molecule has 1 aromatic rings. The average Bonchev–Trinajstić information content (AvgIpc) is 3.41. The molecule has 0 spiro atoms. The van der Waals surface area contributed by atoms with Gasteiger partial charge in [-0.1, -0.05) is 50.3 Å². The topological polar surface area (TPSA) is 73.6 Å². The van der Waals surface area contributed by atoms with E-state index in [9.17, 15) is 15.3 Å². The van der Waals surface area contributed by atoms with E-state index in [-0.39, 0.29) is 10.8 Å². The molecule has 196 valence electrons. The first-order valence-electron chi connectivity index (χ1n) is 13.9. The van der Waals surface area contributed by atoms with Crippen LogP contribution in [0.5, 0.6) is 0 Å². The first kappa shape index (κ1) is 26.1. The monoisotopic (exact) mass is 509 g/mol. The molecular weight excluding hydrogens is 466 g/mol. The molecule has 0 bridgehead atoms. The molecule has 7 atom stereocenters. The van der Waals surface area contributed by atoms with Gasteiger partial charge in [0.25, 0.3) is 0 Å². The average molecular weight is 510 g/mol. The maximum atomic E-state index is 11.1. The number of allylic oxidation sites excluding steroid dienone is 4. The molecule has 3 N–H and O–H groups in total. The van der Waals surface area contributed by atoms with Crippen LogP contribution in [-0.2, 0) is 5.41 Å². The Hall–Kier alpha value is -1.53. The molecule has 1 aromatic heterocycles. The number of nitrogens with zero attached hydrogens (tertiary/aromatic N) is 1. The molecule has 36 heavy (non-hydrogen) atoms. The standard InChI is InChI=1S/C31H43NO3S/c1-19(7-12-28(35)31(14-15-31)29-32-18-20(2)36-29)25-10-11-26-22(6-5-13-30(25,26)4)8-9-23-16-24(33)17-27(34)21(23)3/h7-9,12,18-19,24-28,33-35H,3,5-6,10-11,13-17H2,1-2,4H3/b12-7+,22-8+,23-9-/t19-,24-,25-,26+,27+,28-,30-/m1/s1. The highest BCUT2D eigenvalue weighted by molar-refractivity contribution is 7.11. The molecule has 0 amide bonds. The van der Waals surface area contributed by atoms with Crippen molar-refractivity contribution in [1.82, 2.24) is 4.98 Å². The number of aliphatic hydroxyl groups excluding tert-OH is 3. The van der Waals surface area contributed by atoms with Crippen LogP contribution >= 0.6 is 11.3 Å². The van der Waals surface area contributed by atoms with Gasteiger partial charge in [0.1, 0.15) is 5.01 Å². The molecule has 4 nitrogen and oxygen atoms in total. The van der Waals surface area contributed by atoms with Crippen molar-refractivity contribution in [2.45, 2.75) is 102 Å². The number of aromatic nitrogens is 1. The SMILES string of the molecule is C=C1/C(=C\C=C2/CCC[C@]3(C)[C@@H]([C@H](C)/C=C/[C@@H](O)C4(c5ncc(C)s5)CC4)CC[C@@H]23)C[C@@H](O)C[C@@H]1O. The van der Waals surface area contributed by atoms with Gasteiger partial charge in [0.2, 0.25) is 0 Å². The molecule has 4 saturated carbocycles. The van der Waals surface area contributed by atoms with Crippen molar-refractivity contribution in [3.05, 3.63) is 63.7 Å². The van der Waals surface area contributed by atoms with Crippen LogP contribution in [0.15, 0.2) is 53.8 Å². The first-order chi connectivity index (χ1) is 17.1. The molecule has 0 unspecified atom stereocenters. The quantitative estimate of drug-likeness (QED) is 0.401. The highest BCUT2D eigenvalue weighted by atomic mass is 32.1. The third-order valence-corrected chi connectivity index (χ3v) is 11.1. The predicted molar refractivity (Wildman–Crippen MR) is 147 cm³/mol. The van der Waals surface area contributed by atoms with E-state index >= 15 is 0 Å². The van der Waals surface area contributed by atoms with Crippen molar-refractivity contribution < 1.29 is 15.3 Å². The fourth-order valence-electron chi connectivity index (χ4n) is 7.56. The molecule has 4 fully saturated rings. The molecule has 4 aliphatic rings. The Balaban J connectivity index is 1.29. The van der Waals surface area contributed by atoms with Crippen LogP contribution in [0.4, 0.5) is 0 Å². The van der Waals surface area contributed by atoms with Gasteiger partial charge in [0.15, 0.2) is 0 Å². The largest absolute Gasteiger partial charge is 0.393 e. The molecule has 0 saturated heterocycles. The van der Waals surface area contributed by atoms with Crippen LogP contribution < -0.4 is 0 Å². The number of fused-ring (bicyclic) bond motifs is 1. The van der Waals surface area contributed by atoms with Gasteiger partial charge in [-0.15, -0.1) is 11.3 Å². The lowest BCUT2D eigenvalue weighted by molar-refractivity contribution is 0.0862. The summed E-state index contributed by atoms with van der Waals surface area (Å²) in [6, 6.07) is 0. The number of aliphatic hydroxyl groups is 3. The van der Waals surface area contributed by atoms with E-state index in [1.54, 1.807) is 11.3 Å². The summed E-state index contributed by atoms with van der Waals surface area (Å²) in [5.41, 5.74) is 3.39. The molecule has 5 rings (SSSR count). The molecule has 0 aromatic carbocycles. The van der Waals surface area contributed by atoms with E-state index in [1.165, 1.54) is 36.1 Å². The van der Waals surface area contributed by atoms with Crippen LogP contribution in [0.3, 0.4) is 0 Å². The maximum absolute atomic E-state index is 11.1. The van der Waals surface area contributed by atoms with Crippen molar-refractivity contribution in [3.8, 4) is 0 Å². The zero-order valence-corrected chi connectivity index (χ0v) is 22.9. The fraction of sp³-hybridized carbons (Fsp3) is 0.645. The zero-order chi connectivity index (χ0) is 25.7. The minimum atomic E-state index is -0.636. The second-order valence-corrected chi connectivity index (χ2v) is 13.5. The summed E-state index contributed by atoms with van der Waals surface area (Å²) in [5, 5.41) is 32.5. The zero-order valence-electron chi connectivity index (χ0n) is 22.1. The van der Waals surface area contributed by atoms with Gasteiger partial charge in [-0.25, -0.2) is 4.98 Å². The Bertz CT molecular complexity index is 1080. The van der Waals surface area contributed by atoms with Crippen LogP contribution in [0, 0.1) is 30.1 Å². The Morgan fingerprint density at radius 1 is 1.17 bits per heavy atom. The van der Waals surface area contributed by atoms with E-state index < -0.39 is 18.3 Å². The number of hydrogen-bond donors (Lipinski definition) is 3. The number of thiazole rings is 1. The van der Waals surface area contributed by atoms with Gasteiger partial charge in [-0.05, 0) is 92.6 Å². The molecule has 5 heteroatoms. The van der Waals surface area contributed by atoms with Crippen molar-refractivity contribution in [1.29, 1.82) is 0 Å². The highest BCUT2D eigenvalue weighted by Crippen LogP contribution is 2.60. The van der Waals surface area contributed by atoms with E-state index in [2.05, 4.69) is 56.6 Å². The number of hydrogen-bond acceptors (Lipinski definition) is 5. The van der Waals surface area contributed by atoms with Crippen LogP contribution in [0.2, 0.25) is 0 Å². The smallest absolute Gasteiger partial charge is 0.102 e. The van der Waals surface area contributed by atoms with Gasteiger partial charge in [0.05, 0.1) is 23.7 Å². The molecule has 0 radical (unpaired) electrons. The van der Waals surface area contributed by atoms with E-state index in [1.807, 2.05) is 6.20 Å². The van der Waals surface area contributed by atoms with Crippen molar-refractivity contribution in [2.24, 2.45) is 23.2 Å². The van der Waals surface area contributed by atoms with E-state index in [0.29, 0.717) is 30.6 Å². The highest BCUT2D eigenvalue weighted by Gasteiger charge is 2.53. The summed E-state index contributed by atoms with van der Waals surface area (Å²) in [4.78, 5) is 5.80. The molecular formula is C31H43NO3S. The summed E-state index contributed by atoms with van der Waals surface area (Å²) in [7, 11) is 0. The van der Waals surface area contributed by atoms with Crippen molar-refractivity contribution >= 4 is 11.3 Å². The third-order valence-electron chi connectivity index (χ3n) is 9.94. The fourth-order valence-corrected chi connectivity index (χ4v) is 8.61. The summed E-state index contributed by atoms with van der Waals surface area (Å²) in [6.45, 7) is 11.0. The van der Waals surface area contributed by atoms with Gasteiger partial charge in [-0.2, -0.15) is 0 Å². The Kier molecular flexibility index (Phi) is 7.23. The number of aryl methyl sites for hydroxylation is 1. The Morgan fingerprint density at radius 2 is 1.94 bits per heavy atom. The Morgan fingerprint density at radius 3 is 2.64 bits per heavy atom. The lowest BCUT2D eigenvalue weighted by atomic mass is 9.61. The van der Waals surface area contributed by atoms with E-state index in [0.717, 1.165) is 35.4 Å². The third kappa shape index (κ3) is 4.73. The lowest BCUT2D eigenvalue weighted by Gasteiger charge is -2.44. The second kappa shape index (κ2) is 9.98. The lowest BCUT2D eigenvalue weighted by Crippen LogP contribution is -2.35. The summed E-state index contributed by atoms with van der Waals surface area (Å²) >= 11 is 1.73. The van der Waals surface area contributed by atoms with Gasteiger partial charge in [-0.3, -0.25) is 0 Å². The van der Waals surface area contributed by atoms with Crippen LogP contribution in [0.1, 0.15) is 81.5 Å². The summed E-state index contributed by atoms with van der Waals surface area (Å²) in [6.07, 6.45) is 18.1. The predicted octanol–water partition coefficient (Wildman–Crippen LogP) is 6.18. The first-order valence-corrected chi connectivity index (χ1v) is 14.7. The normalized spacial score (nSPS) is 38.0. The second-order valence-electron chi connectivity index (χ2n) is 12.3. The summed E-state index contributed by atoms with van der Waals surface area (Å²) < 4.78 is 0. The minimum absolute atomic E-state index is 0.157. The van der Waals surface area contributed by atoms with Crippen molar-refractivity contribution in [3.63, 3.8) is 0 Å². The van der Waals surface area contributed by atoms with Crippen molar-refractivity contribution in [2.75, 3.05) is 0 Å². The van der Waals surface area contributed by atoms with E-state index in [4.69, 9.17) is 0 Å². The minimum Gasteiger partial charge on any atom is -0.393 e. The van der Waals surface area contributed by atoms with Crippen LogP contribution in [0.25, 0.3) is 0 Å². The van der Waals surface area contributed by atoms with Crippen LogP contribution in [-0.4, -0.2) is 38.6 Å². The van der Waals surface area contributed by atoms with Gasteiger partial charge < -0.3 is 15.3 Å². The van der Waals surface area contributed by atoms with Gasteiger partial charge in [0, 0.05) is 17.5 Å². The maximum Gasteiger partial charge on any atom is 0.102 e.